The number of imidazole rings is 1. The normalized spacial score (nSPS) is 19.7. The van der Waals surface area contributed by atoms with Gasteiger partial charge < -0.3 is 19.4 Å². The first-order valence-electron chi connectivity index (χ1n) is 9.71. The van der Waals surface area contributed by atoms with Gasteiger partial charge in [0.1, 0.15) is 0 Å². The van der Waals surface area contributed by atoms with Crippen LogP contribution in [0.25, 0.3) is 11.0 Å². The molecule has 3 aromatic rings. The van der Waals surface area contributed by atoms with E-state index in [4.69, 9.17) is 14.5 Å². The number of fused-ring (bicyclic) bond motifs is 1. The summed E-state index contributed by atoms with van der Waals surface area (Å²) >= 11 is 0. The van der Waals surface area contributed by atoms with E-state index in [1.165, 1.54) is 0 Å². The molecule has 1 N–H and O–H groups in total. The first-order chi connectivity index (χ1) is 13.3. The lowest BCUT2D eigenvalue weighted by atomic mass is 9.90. The van der Waals surface area contributed by atoms with Gasteiger partial charge in [0, 0.05) is 25.1 Å². The summed E-state index contributed by atoms with van der Waals surface area (Å²) < 4.78 is 13.9. The quantitative estimate of drug-likeness (QED) is 0.767. The van der Waals surface area contributed by atoms with E-state index in [0.29, 0.717) is 12.6 Å². The van der Waals surface area contributed by atoms with E-state index < -0.39 is 0 Å². The van der Waals surface area contributed by atoms with Crippen LogP contribution < -0.4 is 5.32 Å². The highest BCUT2D eigenvalue weighted by molar-refractivity contribution is 5.78. The van der Waals surface area contributed by atoms with Crippen molar-refractivity contribution in [2.24, 2.45) is 0 Å². The molecular weight excluding hydrogens is 340 g/mol. The SMILES string of the molecule is c1ccc(Cn2c(NC3CCC4(CC3)OCCO4)nc3ccccc32)nc1. The molecule has 2 aromatic heterocycles. The van der Waals surface area contributed by atoms with E-state index in [1.807, 2.05) is 24.4 Å². The van der Waals surface area contributed by atoms with Gasteiger partial charge in [-0.05, 0) is 37.1 Å². The van der Waals surface area contributed by atoms with Crippen LogP contribution in [-0.2, 0) is 16.0 Å². The fourth-order valence-corrected chi connectivity index (χ4v) is 4.17. The summed E-state index contributed by atoms with van der Waals surface area (Å²) in [5.74, 6) is 0.586. The second-order valence-corrected chi connectivity index (χ2v) is 7.36. The smallest absolute Gasteiger partial charge is 0.204 e. The Morgan fingerprint density at radius 1 is 1.04 bits per heavy atom. The predicted octanol–water partition coefficient (Wildman–Crippen LogP) is 3.58. The number of nitrogens with zero attached hydrogens (tertiary/aromatic N) is 3. The molecule has 2 fully saturated rings. The zero-order chi connectivity index (χ0) is 18.1. The van der Waals surface area contributed by atoms with E-state index in [2.05, 4.69) is 39.1 Å². The molecule has 0 amide bonds. The summed E-state index contributed by atoms with van der Waals surface area (Å²) in [6.07, 6.45) is 5.75. The number of hydrogen-bond donors (Lipinski definition) is 1. The molecule has 140 valence electrons. The molecule has 1 aliphatic carbocycles. The van der Waals surface area contributed by atoms with Crippen molar-refractivity contribution >= 4 is 17.0 Å². The Labute approximate surface area is 158 Å². The molecule has 27 heavy (non-hydrogen) atoms. The van der Waals surface area contributed by atoms with E-state index >= 15 is 0 Å². The Balaban J connectivity index is 1.39. The molecule has 2 aliphatic rings. The van der Waals surface area contributed by atoms with Crippen molar-refractivity contribution < 1.29 is 9.47 Å². The van der Waals surface area contributed by atoms with Gasteiger partial charge in [-0.25, -0.2) is 4.98 Å². The van der Waals surface area contributed by atoms with Gasteiger partial charge in [-0.3, -0.25) is 4.98 Å². The molecule has 1 saturated heterocycles. The highest BCUT2D eigenvalue weighted by atomic mass is 16.7. The van der Waals surface area contributed by atoms with Crippen LogP contribution in [-0.4, -0.2) is 39.6 Å². The summed E-state index contributed by atoms with van der Waals surface area (Å²) in [6.45, 7) is 2.14. The van der Waals surface area contributed by atoms with Gasteiger partial charge in [-0.15, -0.1) is 0 Å². The number of rotatable bonds is 4. The minimum atomic E-state index is -0.327. The summed E-state index contributed by atoms with van der Waals surface area (Å²) in [5, 5.41) is 3.68. The summed E-state index contributed by atoms with van der Waals surface area (Å²) in [6, 6.07) is 14.7. The summed E-state index contributed by atoms with van der Waals surface area (Å²) in [4.78, 5) is 9.34. The van der Waals surface area contributed by atoms with Crippen molar-refractivity contribution in [2.45, 2.75) is 44.1 Å². The molecule has 1 spiro atoms. The molecule has 0 atom stereocenters. The van der Waals surface area contributed by atoms with E-state index in [9.17, 15) is 0 Å². The third-order valence-electron chi connectivity index (χ3n) is 5.59. The maximum absolute atomic E-state index is 5.85. The van der Waals surface area contributed by atoms with Crippen LogP contribution in [0.1, 0.15) is 31.4 Å². The average molecular weight is 364 g/mol. The number of ether oxygens (including phenoxy) is 2. The van der Waals surface area contributed by atoms with Gasteiger partial charge in [-0.1, -0.05) is 18.2 Å². The Bertz CT molecular complexity index is 908. The van der Waals surface area contributed by atoms with Gasteiger partial charge in [-0.2, -0.15) is 0 Å². The molecular formula is C21H24N4O2. The van der Waals surface area contributed by atoms with Crippen LogP contribution in [0.4, 0.5) is 5.95 Å². The number of hydrogen-bond acceptors (Lipinski definition) is 5. The molecule has 0 bridgehead atoms. The van der Waals surface area contributed by atoms with Crippen molar-refractivity contribution in [1.29, 1.82) is 0 Å². The number of para-hydroxylation sites is 2. The van der Waals surface area contributed by atoms with Crippen LogP contribution in [0.15, 0.2) is 48.7 Å². The molecule has 3 heterocycles. The van der Waals surface area contributed by atoms with Crippen LogP contribution in [0.2, 0.25) is 0 Å². The van der Waals surface area contributed by atoms with Crippen molar-refractivity contribution in [2.75, 3.05) is 18.5 Å². The minimum Gasteiger partial charge on any atom is -0.353 e. The number of benzene rings is 1. The molecule has 5 rings (SSSR count). The molecule has 1 aliphatic heterocycles. The third kappa shape index (κ3) is 3.31. The van der Waals surface area contributed by atoms with Crippen LogP contribution in [0.3, 0.4) is 0 Å². The number of pyridine rings is 1. The largest absolute Gasteiger partial charge is 0.353 e. The fraction of sp³-hybridized carbons (Fsp3) is 0.429. The number of nitrogens with one attached hydrogen (secondary N) is 1. The first kappa shape index (κ1) is 16.7. The lowest BCUT2D eigenvalue weighted by Gasteiger charge is -2.35. The van der Waals surface area contributed by atoms with Crippen molar-refractivity contribution in [3.8, 4) is 0 Å². The fourth-order valence-electron chi connectivity index (χ4n) is 4.17. The Morgan fingerprint density at radius 2 is 1.81 bits per heavy atom. The highest BCUT2D eigenvalue weighted by Gasteiger charge is 2.40. The van der Waals surface area contributed by atoms with E-state index in [0.717, 1.165) is 61.6 Å². The number of aromatic nitrogens is 3. The van der Waals surface area contributed by atoms with Crippen molar-refractivity contribution in [3.63, 3.8) is 0 Å². The van der Waals surface area contributed by atoms with Gasteiger partial charge in [0.25, 0.3) is 0 Å². The zero-order valence-electron chi connectivity index (χ0n) is 15.3. The molecule has 6 nitrogen and oxygen atoms in total. The maximum Gasteiger partial charge on any atom is 0.204 e. The van der Waals surface area contributed by atoms with Gasteiger partial charge in [0.2, 0.25) is 5.95 Å². The second kappa shape index (κ2) is 6.94. The number of anilines is 1. The molecule has 1 saturated carbocycles. The standard InChI is InChI=1S/C21H24N4O2/c1-2-7-19-18(6-1)24-20(25(19)15-17-5-3-4-12-22-17)23-16-8-10-21(11-9-16)26-13-14-27-21/h1-7,12,16H,8-11,13-15H2,(H,23,24). The Hall–Kier alpha value is -2.44. The lowest BCUT2D eigenvalue weighted by molar-refractivity contribution is -0.177. The summed E-state index contributed by atoms with van der Waals surface area (Å²) in [5.41, 5.74) is 3.16. The molecule has 0 radical (unpaired) electrons. The zero-order valence-corrected chi connectivity index (χ0v) is 15.3. The topological polar surface area (TPSA) is 61.2 Å². The lowest BCUT2D eigenvalue weighted by Crippen LogP contribution is -2.39. The maximum atomic E-state index is 5.85. The van der Waals surface area contributed by atoms with Gasteiger partial charge in [0.15, 0.2) is 5.79 Å². The molecule has 6 heteroatoms. The highest BCUT2D eigenvalue weighted by Crippen LogP contribution is 2.36. The Morgan fingerprint density at radius 3 is 2.59 bits per heavy atom. The average Bonchev–Trinajstić information content (AvgIpc) is 3.30. The third-order valence-corrected chi connectivity index (χ3v) is 5.59. The van der Waals surface area contributed by atoms with Crippen LogP contribution in [0, 0.1) is 0 Å². The minimum absolute atomic E-state index is 0.327. The Kier molecular flexibility index (Phi) is 4.30. The van der Waals surface area contributed by atoms with Crippen molar-refractivity contribution in [3.05, 3.63) is 54.4 Å². The van der Waals surface area contributed by atoms with Gasteiger partial charge >= 0.3 is 0 Å². The van der Waals surface area contributed by atoms with Crippen molar-refractivity contribution in [1.82, 2.24) is 14.5 Å². The van der Waals surface area contributed by atoms with Crippen LogP contribution in [0.5, 0.6) is 0 Å². The van der Waals surface area contributed by atoms with Crippen LogP contribution >= 0.6 is 0 Å². The van der Waals surface area contributed by atoms with E-state index in [1.54, 1.807) is 0 Å². The molecule has 0 unspecified atom stereocenters. The van der Waals surface area contributed by atoms with E-state index in [-0.39, 0.29) is 5.79 Å². The van der Waals surface area contributed by atoms with Gasteiger partial charge in [0.05, 0.1) is 36.5 Å². The predicted molar refractivity (Wildman–Crippen MR) is 104 cm³/mol. The first-order valence-corrected chi connectivity index (χ1v) is 9.71. The second-order valence-electron chi connectivity index (χ2n) is 7.36. The summed E-state index contributed by atoms with van der Waals surface area (Å²) in [7, 11) is 0. The molecule has 1 aromatic carbocycles. The monoisotopic (exact) mass is 364 g/mol.